The van der Waals surface area contributed by atoms with Crippen molar-refractivity contribution < 1.29 is 18.0 Å². The van der Waals surface area contributed by atoms with Crippen LogP contribution in [0, 0.1) is 11.3 Å². The van der Waals surface area contributed by atoms with E-state index in [0.717, 1.165) is 12.1 Å². The summed E-state index contributed by atoms with van der Waals surface area (Å²) in [5, 5.41) is 11.2. The van der Waals surface area contributed by atoms with Gasteiger partial charge in [-0.15, -0.1) is 0 Å². The van der Waals surface area contributed by atoms with Crippen molar-refractivity contribution in [2.45, 2.75) is 12.6 Å². The second kappa shape index (κ2) is 6.31. The third kappa shape index (κ3) is 4.09. The molecule has 22 heavy (non-hydrogen) atoms. The van der Waals surface area contributed by atoms with Crippen LogP contribution in [0.3, 0.4) is 0 Å². The van der Waals surface area contributed by atoms with E-state index in [4.69, 9.17) is 5.26 Å². The summed E-state index contributed by atoms with van der Waals surface area (Å²) >= 11 is 0. The molecule has 0 spiro atoms. The Bertz CT molecular complexity index is 715. The molecule has 0 aliphatic carbocycles. The number of halogens is 3. The molecular formula is C16H11F3N2O. The standard InChI is InChI=1S/C16H11F3N2O/c17-16(18,19)13-3-1-2-12(8-13)9-15(22)21-14-6-4-11(10-20)5-7-14/h1-8H,9H2,(H,21,22). The molecule has 3 nitrogen and oxygen atoms in total. The molecule has 1 amide bonds. The lowest BCUT2D eigenvalue weighted by Crippen LogP contribution is -2.15. The van der Waals surface area contributed by atoms with Gasteiger partial charge in [0.2, 0.25) is 5.91 Å². The van der Waals surface area contributed by atoms with Crippen LogP contribution in [0.25, 0.3) is 0 Å². The lowest BCUT2D eigenvalue weighted by atomic mass is 10.1. The number of rotatable bonds is 3. The van der Waals surface area contributed by atoms with Gasteiger partial charge in [-0.1, -0.05) is 18.2 Å². The molecule has 0 saturated carbocycles. The monoisotopic (exact) mass is 304 g/mol. The first-order chi connectivity index (χ1) is 10.4. The van der Waals surface area contributed by atoms with E-state index in [1.165, 1.54) is 12.1 Å². The fourth-order valence-electron chi connectivity index (χ4n) is 1.88. The van der Waals surface area contributed by atoms with Crippen molar-refractivity contribution in [3.8, 4) is 6.07 Å². The summed E-state index contributed by atoms with van der Waals surface area (Å²) in [6.07, 6.45) is -4.59. The van der Waals surface area contributed by atoms with Crippen molar-refractivity contribution in [3.63, 3.8) is 0 Å². The molecule has 0 saturated heterocycles. The molecule has 1 N–H and O–H groups in total. The summed E-state index contributed by atoms with van der Waals surface area (Å²) in [6, 6.07) is 12.8. The van der Waals surface area contributed by atoms with Gasteiger partial charge in [0.05, 0.1) is 23.6 Å². The van der Waals surface area contributed by atoms with E-state index >= 15 is 0 Å². The van der Waals surface area contributed by atoms with Gasteiger partial charge in [0, 0.05) is 5.69 Å². The summed E-state index contributed by atoms with van der Waals surface area (Å²) < 4.78 is 37.8. The Morgan fingerprint density at radius 3 is 2.41 bits per heavy atom. The van der Waals surface area contributed by atoms with Crippen molar-refractivity contribution in [2.75, 3.05) is 5.32 Å². The van der Waals surface area contributed by atoms with E-state index < -0.39 is 17.6 Å². The van der Waals surface area contributed by atoms with Crippen LogP contribution < -0.4 is 5.32 Å². The average molecular weight is 304 g/mol. The van der Waals surface area contributed by atoms with Gasteiger partial charge in [0.15, 0.2) is 0 Å². The van der Waals surface area contributed by atoms with Gasteiger partial charge in [0.1, 0.15) is 0 Å². The number of alkyl halides is 3. The topological polar surface area (TPSA) is 52.9 Å². The molecule has 112 valence electrons. The molecule has 6 heteroatoms. The average Bonchev–Trinajstić information content (AvgIpc) is 2.47. The molecule has 0 atom stereocenters. The highest BCUT2D eigenvalue weighted by molar-refractivity contribution is 5.92. The normalized spacial score (nSPS) is 10.8. The van der Waals surface area contributed by atoms with E-state index in [9.17, 15) is 18.0 Å². The summed E-state index contributed by atoms with van der Waals surface area (Å²) in [7, 11) is 0. The fraction of sp³-hybridized carbons (Fsp3) is 0.125. The highest BCUT2D eigenvalue weighted by atomic mass is 19.4. The number of carbonyl (C=O) groups excluding carboxylic acids is 1. The highest BCUT2D eigenvalue weighted by Crippen LogP contribution is 2.29. The Hall–Kier alpha value is -2.81. The Morgan fingerprint density at radius 2 is 1.82 bits per heavy atom. The minimum atomic E-state index is -4.43. The van der Waals surface area contributed by atoms with Gasteiger partial charge in [-0.25, -0.2) is 0 Å². The second-order valence-corrected chi connectivity index (χ2v) is 4.61. The lowest BCUT2D eigenvalue weighted by Gasteiger charge is -2.09. The van der Waals surface area contributed by atoms with Gasteiger partial charge in [-0.2, -0.15) is 18.4 Å². The molecular weight excluding hydrogens is 293 g/mol. The number of hydrogen-bond donors (Lipinski definition) is 1. The first-order valence-corrected chi connectivity index (χ1v) is 6.34. The lowest BCUT2D eigenvalue weighted by molar-refractivity contribution is -0.137. The maximum atomic E-state index is 12.6. The zero-order valence-corrected chi connectivity index (χ0v) is 11.3. The molecule has 0 fully saturated rings. The maximum Gasteiger partial charge on any atom is 0.416 e. The molecule has 0 unspecified atom stereocenters. The number of carbonyl (C=O) groups is 1. The van der Waals surface area contributed by atoms with Crippen LogP contribution in [0.1, 0.15) is 16.7 Å². The van der Waals surface area contributed by atoms with Crippen molar-refractivity contribution >= 4 is 11.6 Å². The fourth-order valence-corrected chi connectivity index (χ4v) is 1.88. The van der Waals surface area contributed by atoms with Crippen LogP contribution in [-0.4, -0.2) is 5.91 Å². The Morgan fingerprint density at radius 1 is 1.14 bits per heavy atom. The first kappa shape index (κ1) is 15.6. The van der Waals surface area contributed by atoms with Crippen molar-refractivity contribution in [1.82, 2.24) is 0 Å². The third-order valence-electron chi connectivity index (χ3n) is 2.92. The molecule has 0 heterocycles. The molecule has 0 aliphatic heterocycles. The number of amides is 1. The molecule has 2 rings (SSSR count). The molecule has 0 aliphatic rings. The predicted molar refractivity (Wildman–Crippen MR) is 74.9 cm³/mol. The quantitative estimate of drug-likeness (QED) is 0.938. The Kier molecular flexibility index (Phi) is 4.47. The zero-order chi connectivity index (χ0) is 16.2. The van der Waals surface area contributed by atoms with E-state index in [1.54, 1.807) is 24.3 Å². The Balaban J connectivity index is 2.04. The van der Waals surface area contributed by atoms with Crippen LogP contribution >= 0.6 is 0 Å². The van der Waals surface area contributed by atoms with Crippen LogP contribution in [0.5, 0.6) is 0 Å². The minimum absolute atomic E-state index is 0.163. The van der Waals surface area contributed by atoms with Crippen molar-refractivity contribution in [3.05, 3.63) is 65.2 Å². The largest absolute Gasteiger partial charge is 0.416 e. The van der Waals surface area contributed by atoms with Crippen LogP contribution in [-0.2, 0) is 17.4 Å². The van der Waals surface area contributed by atoms with E-state index in [-0.39, 0.29) is 12.0 Å². The Labute approximate surface area is 125 Å². The number of anilines is 1. The summed E-state index contributed by atoms with van der Waals surface area (Å²) in [5.41, 5.74) is 0.434. The predicted octanol–water partition coefficient (Wildman–Crippen LogP) is 3.76. The SMILES string of the molecule is N#Cc1ccc(NC(=O)Cc2cccc(C(F)(F)F)c2)cc1. The van der Waals surface area contributed by atoms with Gasteiger partial charge in [-0.3, -0.25) is 4.79 Å². The van der Waals surface area contributed by atoms with Gasteiger partial charge < -0.3 is 5.32 Å². The smallest absolute Gasteiger partial charge is 0.326 e. The highest BCUT2D eigenvalue weighted by Gasteiger charge is 2.30. The van der Waals surface area contributed by atoms with E-state index in [0.29, 0.717) is 11.3 Å². The van der Waals surface area contributed by atoms with Crippen molar-refractivity contribution in [2.24, 2.45) is 0 Å². The summed E-state index contributed by atoms with van der Waals surface area (Å²) in [4.78, 5) is 11.8. The van der Waals surface area contributed by atoms with Gasteiger partial charge >= 0.3 is 6.18 Å². The van der Waals surface area contributed by atoms with Crippen molar-refractivity contribution in [1.29, 1.82) is 5.26 Å². The number of hydrogen-bond acceptors (Lipinski definition) is 2. The number of nitrogens with one attached hydrogen (secondary N) is 1. The molecule has 2 aromatic carbocycles. The molecule has 2 aromatic rings. The first-order valence-electron chi connectivity index (χ1n) is 6.34. The molecule has 0 radical (unpaired) electrons. The van der Waals surface area contributed by atoms with E-state index in [1.807, 2.05) is 6.07 Å². The number of benzene rings is 2. The van der Waals surface area contributed by atoms with Gasteiger partial charge in [0.25, 0.3) is 0 Å². The van der Waals surface area contributed by atoms with E-state index in [2.05, 4.69) is 5.32 Å². The van der Waals surface area contributed by atoms with Crippen LogP contribution in [0.15, 0.2) is 48.5 Å². The zero-order valence-electron chi connectivity index (χ0n) is 11.3. The third-order valence-corrected chi connectivity index (χ3v) is 2.92. The number of nitrogens with zero attached hydrogens (tertiary/aromatic N) is 1. The van der Waals surface area contributed by atoms with Crippen LogP contribution in [0.4, 0.5) is 18.9 Å². The van der Waals surface area contributed by atoms with Gasteiger partial charge in [-0.05, 0) is 35.9 Å². The van der Waals surface area contributed by atoms with Crippen LogP contribution in [0.2, 0.25) is 0 Å². The maximum absolute atomic E-state index is 12.6. The summed E-state index contributed by atoms with van der Waals surface area (Å²) in [5.74, 6) is -0.427. The number of nitriles is 1. The molecule has 0 aromatic heterocycles. The minimum Gasteiger partial charge on any atom is -0.326 e. The second-order valence-electron chi connectivity index (χ2n) is 4.61. The summed E-state index contributed by atoms with van der Waals surface area (Å²) in [6.45, 7) is 0. The molecule has 0 bridgehead atoms.